The summed E-state index contributed by atoms with van der Waals surface area (Å²) < 4.78 is 14.3. The molecule has 122 valence electrons. The molecule has 0 atom stereocenters. The van der Waals surface area contributed by atoms with Crippen molar-refractivity contribution in [3.05, 3.63) is 59.4 Å². The fourth-order valence-corrected chi connectivity index (χ4v) is 4.24. The van der Waals surface area contributed by atoms with E-state index < -0.39 is 5.41 Å². The van der Waals surface area contributed by atoms with E-state index >= 15 is 0 Å². The van der Waals surface area contributed by atoms with E-state index in [4.69, 9.17) is 0 Å². The van der Waals surface area contributed by atoms with Crippen LogP contribution in [0.2, 0.25) is 0 Å². The molecular weight excluding hydrogens is 323 g/mol. The van der Waals surface area contributed by atoms with Crippen LogP contribution in [0, 0.1) is 12.7 Å². The molecule has 0 saturated heterocycles. The molecule has 2 aromatic carbocycles. The first-order chi connectivity index (χ1) is 11.6. The molecule has 0 aliphatic heterocycles. The smallest absolute Gasteiger partial charge is 0.236 e. The Bertz CT molecular complexity index is 913. The fourth-order valence-electron chi connectivity index (χ4n) is 3.30. The van der Waals surface area contributed by atoms with E-state index in [-0.39, 0.29) is 11.7 Å². The Labute approximate surface area is 143 Å². The zero-order valence-electron chi connectivity index (χ0n) is 13.3. The molecule has 0 spiro atoms. The molecule has 1 aromatic heterocycles. The minimum atomic E-state index is -0.555. The van der Waals surface area contributed by atoms with E-state index in [1.165, 1.54) is 23.5 Å². The number of thiazole rings is 1. The highest BCUT2D eigenvalue weighted by atomic mass is 32.1. The van der Waals surface area contributed by atoms with Crippen LogP contribution in [0.4, 0.5) is 9.52 Å². The van der Waals surface area contributed by atoms with Crippen molar-refractivity contribution in [1.29, 1.82) is 0 Å². The van der Waals surface area contributed by atoms with Gasteiger partial charge in [0.2, 0.25) is 5.91 Å². The van der Waals surface area contributed by atoms with Crippen molar-refractivity contribution in [2.75, 3.05) is 5.32 Å². The van der Waals surface area contributed by atoms with Crippen molar-refractivity contribution in [2.24, 2.45) is 0 Å². The van der Waals surface area contributed by atoms with Gasteiger partial charge in [-0.25, -0.2) is 9.37 Å². The lowest BCUT2D eigenvalue weighted by Gasteiger charge is -2.40. The number of nitrogens with zero attached hydrogens (tertiary/aromatic N) is 1. The fraction of sp³-hybridized carbons (Fsp3) is 0.263. The van der Waals surface area contributed by atoms with Crippen LogP contribution in [0.5, 0.6) is 0 Å². The largest absolute Gasteiger partial charge is 0.301 e. The lowest BCUT2D eigenvalue weighted by molar-refractivity contribution is -0.124. The molecule has 1 heterocycles. The van der Waals surface area contributed by atoms with E-state index in [2.05, 4.69) is 10.3 Å². The van der Waals surface area contributed by atoms with Crippen molar-refractivity contribution in [2.45, 2.75) is 31.6 Å². The van der Waals surface area contributed by atoms with Gasteiger partial charge < -0.3 is 5.32 Å². The molecule has 0 radical (unpaired) electrons. The van der Waals surface area contributed by atoms with Crippen LogP contribution in [0.3, 0.4) is 0 Å². The number of halogens is 1. The summed E-state index contributed by atoms with van der Waals surface area (Å²) in [5, 5.41) is 3.61. The zero-order valence-corrected chi connectivity index (χ0v) is 14.1. The second-order valence-corrected chi connectivity index (χ2v) is 7.37. The Kier molecular flexibility index (Phi) is 3.61. The van der Waals surface area contributed by atoms with Gasteiger partial charge in [0.05, 0.1) is 15.6 Å². The summed E-state index contributed by atoms with van der Waals surface area (Å²) >= 11 is 1.49. The summed E-state index contributed by atoms with van der Waals surface area (Å²) in [4.78, 5) is 17.5. The highest BCUT2D eigenvalue weighted by Crippen LogP contribution is 2.45. The van der Waals surface area contributed by atoms with Crippen molar-refractivity contribution in [3.63, 3.8) is 0 Å². The molecule has 3 nitrogen and oxygen atoms in total. The summed E-state index contributed by atoms with van der Waals surface area (Å²) in [7, 11) is 0. The summed E-state index contributed by atoms with van der Waals surface area (Å²) in [6.07, 6.45) is 2.58. The van der Waals surface area contributed by atoms with Crippen molar-refractivity contribution in [1.82, 2.24) is 4.98 Å². The second-order valence-electron chi connectivity index (χ2n) is 6.34. The van der Waals surface area contributed by atoms with Crippen LogP contribution in [0.1, 0.15) is 30.4 Å². The monoisotopic (exact) mass is 340 g/mol. The van der Waals surface area contributed by atoms with Crippen LogP contribution in [0.15, 0.2) is 42.5 Å². The summed E-state index contributed by atoms with van der Waals surface area (Å²) in [5.41, 5.74) is 2.36. The third-order valence-electron chi connectivity index (χ3n) is 4.88. The number of amides is 1. The average Bonchev–Trinajstić information content (AvgIpc) is 2.92. The van der Waals surface area contributed by atoms with Crippen LogP contribution in [-0.4, -0.2) is 10.9 Å². The number of benzene rings is 2. The van der Waals surface area contributed by atoms with Gasteiger partial charge in [-0.1, -0.05) is 42.0 Å². The first-order valence-corrected chi connectivity index (χ1v) is 8.84. The van der Waals surface area contributed by atoms with Gasteiger partial charge in [0.25, 0.3) is 0 Å². The number of rotatable bonds is 3. The highest BCUT2D eigenvalue weighted by molar-refractivity contribution is 7.22. The van der Waals surface area contributed by atoms with E-state index in [1.807, 2.05) is 25.1 Å². The Morgan fingerprint density at radius 3 is 2.58 bits per heavy atom. The molecule has 1 saturated carbocycles. The van der Waals surface area contributed by atoms with Crippen LogP contribution >= 0.6 is 11.3 Å². The van der Waals surface area contributed by atoms with Crippen molar-refractivity contribution < 1.29 is 9.18 Å². The van der Waals surface area contributed by atoms with Gasteiger partial charge in [0.15, 0.2) is 5.13 Å². The normalized spacial score (nSPS) is 15.9. The third-order valence-corrected chi connectivity index (χ3v) is 5.82. The maximum absolute atomic E-state index is 13.2. The highest BCUT2D eigenvalue weighted by Gasteiger charge is 2.45. The number of nitrogens with one attached hydrogen (secondary N) is 1. The van der Waals surface area contributed by atoms with Crippen LogP contribution in [-0.2, 0) is 10.2 Å². The van der Waals surface area contributed by atoms with Crippen LogP contribution in [0.25, 0.3) is 10.2 Å². The van der Waals surface area contributed by atoms with Gasteiger partial charge in [0, 0.05) is 0 Å². The summed E-state index contributed by atoms with van der Waals surface area (Å²) in [5.74, 6) is -0.327. The maximum Gasteiger partial charge on any atom is 0.236 e. The molecule has 4 rings (SSSR count). The lowest BCUT2D eigenvalue weighted by Crippen LogP contribution is -2.46. The molecular formula is C19H17FN2OS. The zero-order chi connectivity index (χ0) is 16.7. The number of carbonyl (C=O) groups excluding carboxylic acids is 1. The lowest BCUT2D eigenvalue weighted by atomic mass is 9.64. The van der Waals surface area contributed by atoms with E-state index in [0.717, 1.165) is 40.6 Å². The van der Waals surface area contributed by atoms with Crippen molar-refractivity contribution >= 4 is 32.6 Å². The molecule has 24 heavy (non-hydrogen) atoms. The molecule has 1 aliphatic carbocycles. The molecule has 1 N–H and O–H groups in total. The Hall–Kier alpha value is -2.27. The number of carbonyl (C=O) groups is 1. The SMILES string of the molecule is Cc1cccc2sc(NC(=O)C3(c4ccc(F)cc4)CCC3)nc12. The molecule has 3 aromatic rings. The number of para-hydroxylation sites is 1. The molecule has 1 fully saturated rings. The van der Waals surface area contributed by atoms with E-state index in [9.17, 15) is 9.18 Å². The van der Waals surface area contributed by atoms with Gasteiger partial charge in [-0.15, -0.1) is 0 Å². The number of aryl methyl sites for hydroxylation is 1. The average molecular weight is 340 g/mol. The number of anilines is 1. The van der Waals surface area contributed by atoms with Gasteiger partial charge in [-0.3, -0.25) is 4.79 Å². The van der Waals surface area contributed by atoms with E-state index in [1.54, 1.807) is 12.1 Å². The molecule has 1 aliphatic rings. The number of aromatic nitrogens is 1. The third kappa shape index (κ3) is 2.40. The van der Waals surface area contributed by atoms with Gasteiger partial charge >= 0.3 is 0 Å². The minimum Gasteiger partial charge on any atom is -0.301 e. The minimum absolute atomic E-state index is 0.0444. The predicted octanol–water partition coefficient (Wildman–Crippen LogP) is 4.80. The molecule has 5 heteroatoms. The first-order valence-electron chi connectivity index (χ1n) is 8.02. The number of hydrogen-bond donors (Lipinski definition) is 1. The van der Waals surface area contributed by atoms with Gasteiger partial charge in [0.1, 0.15) is 5.82 Å². The Morgan fingerprint density at radius 2 is 1.96 bits per heavy atom. The predicted molar refractivity (Wildman–Crippen MR) is 94.9 cm³/mol. The molecule has 0 unspecified atom stereocenters. The summed E-state index contributed by atoms with van der Waals surface area (Å²) in [6, 6.07) is 12.3. The summed E-state index contributed by atoms with van der Waals surface area (Å²) in [6.45, 7) is 2.01. The first kappa shape index (κ1) is 15.3. The molecule has 1 amide bonds. The number of fused-ring (bicyclic) bond motifs is 1. The quantitative estimate of drug-likeness (QED) is 0.744. The van der Waals surface area contributed by atoms with Crippen molar-refractivity contribution in [3.8, 4) is 0 Å². The maximum atomic E-state index is 13.2. The standard InChI is InChI=1S/C19H17FN2OS/c1-12-4-2-5-15-16(12)21-18(24-15)22-17(23)19(10-3-11-19)13-6-8-14(20)9-7-13/h2,4-9H,3,10-11H2,1H3,(H,21,22,23). The van der Waals surface area contributed by atoms with Crippen LogP contribution < -0.4 is 5.32 Å². The van der Waals surface area contributed by atoms with Gasteiger partial charge in [-0.05, 0) is 49.1 Å². The van der Waals surface area contributed by atoms with E-state index in [0.29, 0.717) is 5.13 Å². The van der Waals surface area contributed by atoms with Gasteiger partial charge in [-0.2, -0.15) is 0 Å². The second kappa shape index (κ2) is 5.67. The molecule has 0 bridgehead atoms. The Balaban J connectivity index is 1.64. The Morgan fingerprint density at radius 1 is 1.21 bits per heavy atom. The topological polar surface area (TPSA) is 42.0 Å². The number of hydrogen-bond acceptors (Lipinski definition) is 3.